The summed E-state index contributed by atoms with van der Waals surface area (Å²) in [5.41, 5.74) is 4.23. The number of likely N-dealkylation sites (tertiary alicyclic amines) is 1. The van der Waals surface area contributed by atoms with Crippen LogP contribution in [0.5, 0.6) is 0 Å². The van der Waals surface area contributed by atoms with Crippen LogP contribution in [0.2, 0.25) is 0 Å². The van der Waals surface area contributed by atoms with E-state index in [2.05, 4.69) is 33.7 Å². The highest BCUT2D eigenvalue weighted by Gasteiger charge is 2.22. The van der Waals surface area contributed by atoms with Crippen LogP contribution in [-0.2, 0) is 22.5 Å². The standard InChI is InChI=1S/C18H27N3O2.ClH/c1-19-17(22)8-12-23-16-6-10-21(11-7-16)13-15-4-2-3-14-5-9-20-18(14)15;/h2-4,16,20H,5-13H2,1H3,(H,19,22);1H. The summed E-state index contributed by atoms with van der Waals surface area (Å²) in [7, 11) is 1.66. The van der Waals surface area contributed by atoms with Crippen molar-refractivity contribution in [3.63, 3.8) is 0 Å². The van der Waals surface area contributed by atoms with E-state index in [1.54, 1.807) is 7.05 Å². The second-order valence-electron chi connectivity index (χ2n) is 6.40. The molecule has 1 saturated heterocycles. The van der Waals surface area contributed by atoms with Crippen molar-refractivity contribution >= 4 is 24.0 Å². The van der Waals surface area contributed by atoms with Gasteiger partial charge in [-0.2, -0.15) is 0 Å². The van der Waals surface area contributed by atoms with Crippen LogP contribution in [0, 0.1) is 0 Å². The van der Waals surface area contributed by atoms with Gasteiger partial charge in [0, 0.05) is 45.3 Å². The highest BCUT2D eigenvalue weighted by Crippen LogP contribution is 2.28. The van der Waals surface area contributed by atoms with E-state index in [9.17, 15) is 4.79 Å². The molecule has 2 aliphatic rings. The Morgan fingerprint density at radius 1 is 1.38 bits per heavy atom. The van der Waals surface area contributed by atoms with Crippen LogP contribution in [0.3, 0.4) is 0 Å². The molecule has 0 aliphatic carbocycles. The van der Waals surface area contributed by atoms with E-state index >= 15 is 0 Å². The first kappa shape index (κ1) is 19.0. The first-order valence-electron chi connectivity index (χ1n) is 8.65. The third-order valence-electron chi connectivity index (χ3n) is 4.82. The number of rotatable bonds is 6. The number of benzene rings is 1. The first-order chi connectivity index (χ1) is 11.3. The Kier molecular flexibility index (Phi) is 7.34. The summed E-state index contributed by atoms with van der Waals surface area (Å²) in [6.45, 7) is 4.73. The number of nitrogens with one attached hydrogen (secondary N) is 2. The van der Waals surface area contributed by atoms with Crippen LogP contribution in [-0.4, -0.2) is 50.2 Å². The number of halogens is 1. The number of amides is 1. The van der Waals surface area contributed by atoms with Gasteiger partial charge in [-0.25, -0.2) is 0 Å². The molecule has 2 N–H and O–H groups in total. The van der Waals surface area contributed by atoms with Gasteiger partial charge in [0.15, 0.2) is 0 Å². The quantitative estimate of drug-likeness (QED) is 0.823. The average molecular weight is 354 g/mol. The molecule has 5 nitrogen and oxygen atoms in total. The summed E-state index contributed by atoms with van der Waals surface area (Å²) in [6.07, 6.45) is 4.01. The number of fused-ring (bicyclic) bond motifs is 1. The number of hydrogen-bond acceptors (Lipinski definition) is 4. The topological polar surface area (TPSA) is 53.6 Å². The molecule has 0 radical (unpaired) electrons. The SMILES string of the molecule is CNC(=O)CCOC1CCN(Cc2cccc3c2NCC3)CC1.Cl. The number of carbonyl (C=O) groups excluding carboxylic acids is 1. The summed E-state index contributed by atoms with van der Waals surface area (Å²) >= 11 is 0. The molecule has 24 heavy (non-hydrogen) atoms. The van der Waals surface area contributed by atoms with Crippen LogP contribution in [0.25, 0.3) is 0 Å². The molecular formula is C18H28ClN3O2. The first-order valence-corrected chi connectivity index (χ1v) is 8.65. The van der Waals surface area contributed by atoms with Crippen molar-refractivity contribution in [1.29, 1.82) is 0 Å². The third-order valence-corrected chi connectivity index (χ3v) is 4.82. The Balaban J connectivity index is 0.00000208. The van der Waals surface area contributed by atoms with E-state index in [-0.39, 0.29) is 18.3 Å². The van der Waals surface area contributed by atoms with E-state index in [1.165, 1.54) is 16.8 Å². The number of para-hydroxylation sites is 1. The van der Waals surface area contributed by atoms with Crippen molar-refractivity contribution in [2.45, 2.75) is 38.3 Å². The van der Waals surface area contributed by atoms with E-state index in [4.69, 9.17) is 4.74 Å². The zero-order valence-corrected chi connectivity index (χ0v) is 15.2. The Bertz CT molecular complexity index is 545. The molecule has 1 aromatic carbocycles. The van der Waals surface area contributed by atoms with Crippen molar-refractivity contribution in [3.05, 3.63) is 29.3 Å². The highest BCUT2D eigenvalue weighted by atomic mass is 35.5. The minimum Gasteiger partial charge on any atom is -0.384 e. The lowest BCUT2D eigenvalue weighted by Gasteiger charge is -2.32. The summed E-state index contributed by atoms with van der Waals surface area (Å²) in [5, 5.41) is 6.15. The van der Waals surface area contributed by atoms with Gasteiger partial charge in [0.05, 0.1) is 12.7 Å². The fraction of sp³-hybridized carbons (Fsp3) is 0.611. The van der Waals surface area contributed by atoms with Gasteiger partial charge < -0.3 is 15.4 Å². The van der Waals surface area contributed by atoms with Gasteiger partial charge in [0.25, 0.3) is 0 Å². The molecule has 1 aromatic rings. The molecule has 1 amide bonds. The number of piperidine rings is 1. The van der Waals surface area contributed by atoms with Gasteiger partial charge in [-0.05, 0) is 30.4 Å². The molecule has 1 fully saturated rings. The number of nitrogens with zero attached hydrogens (tertiary/aromatic N) is 1. The summed E-state index contributed by atoms with van der Waals surface area (Å²) < 4.78 is 5.83. The van der Waals surface area contributed by atoms with Crippen LogP contribution >= 0.6 is 12.4 Å². The van der Waals surface area contributed by atoms with Gasteiger partial charge in [0.1, 0.15) is 0 Å². The van der Waals surface area contributed by atoms with Crippen molar-refractivity contribution in [2.24, 2.45) is 0 Å². The molecule has 2 heterocycles. The highest BCUT2D eigenvalue weighted by molar-refractivity contribution is 5.85. The number of anilines is 1. The zero-order chi connectivity index (χ0) is 16.1. The van der Waals surface area contributed by atoms with Gasteiger partial charge in [-0.1, -0.05) is 18.2 Å². The minimum atomic E-state index is 0. The van der Waals surface area contributed by atoms with E-state index < -0.39 is 0 Å². The normalized spacial score (nSPS) is 17.7. The van der Waals surface area contributed by atoms with E-state index in [0.29, 0.717) is 19.1 Å². The van der Waals surface area contributed by atoms with Crippen LogP contribution in [0.1, 0.15) is 30.4 Å². The lowest BCUT2D eigenvalue weighted by Crippen LogP contribution is -2.37. The maximum absolute atomic E-state index is 11.2. The zero-order valence-electron chi connectivity index (χ0n) is 14.3. The smallest absolute Gasteiger partial charge is 0.222 e. The second kappa shape index (κ2) is 9.25. The molecule has 2 aliphatic heterocycles. The van der Waals surface area contributed by atoms with Gasteiger partial charge in [-0.3, -0.25) is 9.69 Å². The summed E-state index contributed by atoms with van der Waals surface area (Å²) in [5.74, 6) is 0.0490. The fourth-order valence-corrected chi connectivity index (χ4v) is 3.46. The molecule has 0 atom stereocenters. The minimum absolute atomic E-state index is 0. The molecule has 6 heteroatoms. The summed E-state index contributed by atoms with van der Waals surface area (Å²) in [4.78, 5) is 13.7. The van der Waals surface area contributed by atoms with Gasteiger partial charge in [0.2, 0.25) is 5.91 Å². The van der Waals surface area contributed by atoms with E-state index in [0.717, 1.165) is 45.4 Å². The van der Waals surface area contributed by atoms with Crippen molar-refractivity contribution in [3.8, 4) is 0 Å². The van der Waals surface area contributed by atoms with Crippen molar-refractivity contribution in [2.75, 3.05) is 38.6 Å². The number of ether oxygens (including phenoxy) is 1. The Hall–Kier alpha value is -1.30. The lowest BCUT2D eigenvalue weighted by atomic mass is 10.0. The Morgan fingerprint density at radius 3 is 2.92 bits per heavy atom. The Morgan fingerprint density at radius 2 is 2.17 bits per heavy atom. The average Bonchev–Trinajstić information content (AvgIpc) is 3.06. The number of hydrogen-bond donors (Lipinski definition) is 2. The number of carbonyl (C=O) groups is 1. The van der Waals surface area contributed by atoms with E-state index in [1.807, 2.05) is 0 Å². The summed E-state index contributed by atoms with van der Waals surface area (Å²) in [6, 6.07) is 6.64. The molecular weight excluding hydrogens is 326 g/mol. The second-order valence-corrected chi connectivity index (χ2v) is 6.40. The van der Waals surface area contributed by atoms with Crippen LogP contribution < -0.4 is 10.6 Å². The van der Waals surface area contributed by atoms with Gasteiger partial charge >= 0.3 is 0 Å². The maximum Gasteiger partial charge on any atom is 0.222 e. The fourth-order valence-electron chi connectivity index (χ4n) is 3.46. The molecule has 0 spiro atoms. The van der Waals surface area contributed by atoms with Gasteiger partial charge in [-0.15, -0.1) is 12.4 Å². The predicted octanol–water partition coefficient (Wildman–Crippen LogP) is 2.19. The molecule has 0 unspecified atom stereocenters. The lowest BCUT2D eigenvalue weighted by molar-refractivity contribution is -0.122. The van der Waals surface area contributed by atoms with Crippen molar-refractivity contribution in [1.82, 2.24) is 10.2 Å². The Labute approximate surface area is 150 Å². The largest absolute Gasteiger partial charge is 0.384 e. The molecule has 0 aromatic heterocycles. The van der Waals surface area contributed by atoms with Crippen molar-refractivity contribution < 1.29 is 9.53 Å². The monoisotopic (exact) mass is 353 g/mol. The molecule has 0 bridgehead atoms. The molecule has 134 valence electrons. The molecule has 3 rings (SSSR count). The predicted molar refractivity (Wildman–Crippen MR) is 98.8 cm³/mol. The van der Waals surface area contributed by atoms with Crippen LogP contribution in [0.15, 0.2) is 18.2 Å². The third kappa shape index (κ3) is 4.85. The molecule has 0 saturated carbocycles. The maximum atomic E-state index is 11.2. The van der Waals surface area contributed by atoms with Crippen LogP contribution in [0.4, 0.5) is 5.69 Å².